The van der Waals surface area contributed by atoms with Gasteiger partial charge in [0, 0.05) is 39.3 Å². The maximum Gasteiger partial charge on any atom is 0.282 e. The molecule has 24 heavy (non-hydrogen) atoms. The van der Waals surface area contributed by atoms with Crippen molar-refractivity contribution < 1.29 is 8.42 Å². The highest BCUT2D eigenvalue weighted by Crippen LogP contribution is 2.19. The van der Waals surface area contributed by atoms with E-state index < -0.39 is 10.2 Å². The molecule has 0 bridgehead atoms. The van der Waals surface area contributed by atoms with Crippen LogP contribution >= 0.6 is 0 Å². The summed E-state index contributed by atoms with van der Waals surface area (Å²) in [6.07, 6.45) is 2.75. The first-order valence-electron chi connectivity index (χ1n) is 8.57. The Kier molecular flexibility index (Phi) is 5.51. The summed E-state index contributed by atoms with van der Waals surface area (Å²) in [5.41, 5.74) is 1.71. The van der Waals surface area contributed by atoms with Gasteiger partial charge < -0.3 is 0 Å². The first kappa shape index (κ1) is 17.4. The summed E-state index contributed by atoms with van der Waals surface area (Å²) in [7, 11) is -3.31. The van der Waals surface area contributed by atoms with Gasteiger partial charge in [0.05, 0.1) is 11.6 Å². The van der Waals surface area contributed by atoms with Gasteiger partial charge >= 0.3 is 0 Å². The third kappa shape index (κ3) is 3.78. The molecule has 0 aromatic heterocycles. The van der Waals surface area contributed by atoms with Gasteiger partial charge in [-0.05, 0) is 37.4 Å². The van der Waals surface area contributed by atoms with Crippen molar-refractivity contribution in [3.8, 4) is 6.07 Å². The molecule has 1 aromatic rings. The predicted octanol–water partition coefficient (Wildman–Crippen LogP) is 1.41. The van der Waals surface area contributed by atoms with Crippen molar-refractivity contribution in [3.05, 3.63) is 35.4 Å². The highest BCUT2D eigenvalue weighted by molar-refractivity contribution is 7.86. The first-order chi connectivity index (χ1) is 11.6. The zero-order valence-electron chi connectivity index (χ0n) is 13.9. The van der Waals surface area contributed by atoms with Gasteiger partial charge in [0.1, 0.15) is 0 Å². The van der Waals surface area contributed by atoms with E-state index in [-0.39, 0.29) is 0 Å². The van der Waals surface area contributed by atoms with E-state index in [9.17, 15) is 13.7 Å². The fourth-order valence-corrected chi connectivity index (χ4v) is 5.14. The molecule has 0 aliphatic carbocycles. The molecule has 0 radical (unpaired) electrons. The lowest BCUT2D eigenvalue weighted by Gasteiger charge is -2.26. The van der Waals surface area contributed by atoms with E-state index in [0.29, 0.717) is 44.8 Å². The smallest absolute Gasteiger partial charge is 0.282 e. The van der Waals surface area contributed by atoms with Crippen LogP contribution in [0, 0.1) is 11.3 Å². The quantitative estimate of drug-likeness (QED) is 0.825. The molecule has 2 saturated heterocycles. The lowest BCUT2D eigenvalue weighted by molar-refractivity contribution is 0.276. The predicted molar refractivity (Wildman–Crippen MR) is 92.4 cm³/mol. The molecule has 0 saturated carbocycles. The zero-order valence-corrected chi connectivity index (χ0v) is 14.7. The molecule has 0 atom stereocenters. The van der Waals surface area contributed by atoms with Gasteiger partial charge in [0.25, 0.3) is 10.2 Å². The second-order valence-electron chi connectivity index (χ2n) is 6.41. The molecule has 7 heteroatoms. The summed E-state index contributed by atoms with van der Waals surface area (Å²) in [6, 6.07) is 9.85. The number of nitriles is 1. The van der Waals surface area contributed by atoms with Gasteiger partial charge in [0.15, 0.2) is 0 Å². The molecule has 0 unspecified atom stereocenters. The van der Waals surface area contributed by atoms with Crippen molar-refractivity contribution in [1.29, 1.82) is 5.26 Å². The molecule has 6 nitrogen and oxygen atoms in total. The molecule has 1 aromatic carbocycles. The summed E-state index contributed by atoms with van der Waals surface area (Å²) in [5, 5.41) is 9.21. The molecule has 2 heterocycles. The minimum absolute atomic E-state index is 0.521. The highest BCUT2D eigenvalue weighted by atomic mass is 32.2. The van der Waals surface area contributed by atoms with Gasteiger partial charge in [-0.2, -0.15) is 22.3 Å². The van der Waals surface area contributed by atoms with Crippen LogP contribution in [0.2, 0.25) is 0 Å². The van der Waals surface area contributed by atoms with E-state index in [1.807, 2.05) is 24.3 Å². The average molecular weight is 348 g/mol. The Balaban J connectivity index is 1.64. The highest BCUT2D eigenvalue weighted by Gasteiger charge is 2.32. The van der Waals surface area contributed by atoms with Crippen LogP contribution < -0.4 is 0 Å². The van der Waals surface area contributed by atoms with Crippen LogP contribution in [-0.2, 0) is 16.8 Å². The van der Waals surface area contributed by atoms with Crippen molar-refractivity contribution >= 4 is 10.2 Å². The maximum atomic E-state index is 12.7. The van der Waals surface area contributed by atoms with Crippen LogP contribution in [0.3, 0.4) is 0 Å². The molecule has 2 aliphatic heterocycles. The van der Waals surface area contributed by atoms with Gasteiger partial charge in [0.2, 0.25) is 0 Å². The van der Waals surface area contributed by atoms with Crippen molar-refractivity contribution in [2.75, 3.05) is 39.3 Å². The molecule has 2 aliphatic rings. The van der Waals surface area contributed by atoms with Crippen molar-refractivity contribution in [1.82, 2.24) is 13.5 Å². The summed E-state index contributed by atoms with van der Waals surface area (Å²) < 4.78 is 28.6. The largest absolute Gasteiger partial charge is 0.298 e. The van der Waals surface area contributed by atoms with Crippen LogP contribution in [0.1, 0.15) is 30.4 Å². The second-order valence-corrected chi connectivity index (χ2v) is 8.34. The fourth-order valence-electron chi connectivity index (χ4n) is 3.43. The number of nitrogens with zero attached hydrogens (tertiary/aromatic N) is 4. The Morgan fingerprint density at radius 2 is 1.58 bits per heavy atom. The SMILES string of the molecule is N#Cc1ccccc1CN1CCCN(S(=O)(=O)N2CCCC2)CC1. The third-order valence-corrected chi connectivity index (χ3v) is 6.83. The van der Waals surface area contributed by atoms with E-state index in [0.717, 1.165) is 31.4 Å². The molecule has 0 amide bonds. The number of hydrogen-bond acceptors (Lipinski definition) is 4. The normalized spacial score (nSPS) is 21.5. The van der Waals surface area contributed by atoms with Crippen molar-refractivity contribution in [3.63, 3.8) is 0 Å². The molecule has 2 fully saturated rings. The molecule has 3 rings (SSSR count). The van der Waals surface area contributed by atoms with E-state index in [4.69, 9.17) is 0 Å². The Labute approximate surface area is 144 Å². The summed E-state index contributed by atoms with van der Waals surface area (Å²) in [6.45, 7) is 4.65. The van der Waals surface area contributed by atoms with Crippen LogP contribution in [0.5, 0.6) is 0 Å². The Morgan fingerprint density at radius 1 is 0.917 bits per heavy atom. The van der Waals surface area contributed by atoms with Gasteiger partial charge in [-0.25, -0.2) is 0 Å². The molecular formula is C17H24N4O2S. The van der Waals surface area contributed by atoms with E-state index in [1.165, 1.54) is 0 Å². The van der Waals surface area contributed by atoms with Gasteiger partial charge in [-0.1, -0.05) is 18.2 Å². The molecule has 0 spiro atoms. The summed E-state index contributed by atoms with van der Waals surface area (Å²) in [4.78, 5) is 2.25. The van der Waals surface area contributed by atoms with Gasteiger partial charge in [-0.15, -0.1) is 0 Å². The molecule has 130 valence electrons. The minimum atomic E-state index is -3.31. The number of hydrogen-bond donors (Lipinski definition) is 0. The maximum absolute atomic E-state index is 12.7. The molecular weight excluding hydrogens is 324 g/mol. The Hall–Kier alpha value is -1.46. The lowest BCUT2D eigenvalue weighted by Crippen LogP contribution is -2.44. The third-order valence-electron chi connectivity index (χ3n) is 4.80. The summed E-state index contributed by atoms with van der Waals surface area (Å²) >= 11 is 0. The van der Waals surface area contributed by atoms with E-state index >= 15 is 0 Å². The van der Waals surface area contributed by atoms with Crippen molar-refractivity contribution in [2.45, 2.75) is 25.8 Å². The minimum Gasteiger partial charge on any atom is -0.298 e. The standard InChI is InChI=1S/C17H24N4O2S/c18-14-16-6-1-2-7-17(16)15-19-8-5-11-21(13-12-19)24(22,23)20-9-3-4-10-20/h1-2,6-7H,3-5,8-13,15H2. The molecule has 0 N–H and O–H groups in total. The van der Waals surface area contributed by atoms with Crippen LogP contribution in [0.15, 0.2) is 24.3 Å². The fraction of sp³-hybridized carbons (Fsp3) is 0.588. The Morgan fingerprint density at radius 3 is 2.33 bits per heavy atom. The summed E-state index contributed by atoms with van der Waals surface area (Å²) in [5.74, 6) is 0. The monoisotopic (exact) mass is 348 g/mol. The first-order valence-corrected chi connectivity index (χ1v) is 9.96. The zero-order chi connectivity index (χ0) is 17.0. The number of benzene rings is 1. The van der Waals surface area contributed by atoms with Crippen molar-refractivity contribution in [2.24, 2.45) is 0 Å². The van der Waals surface area contributed by atoms with Crippen LogP contribution in [-0.4, -0.2) is 61.2 Å². The van der Waals surface area contributed by atoms with Crippen LogP contribution in [0.4, 0.5) is 0 Å². The van der Waals surface area contributed by atoms with Crippen LogP contribution in [0.25, 0.3) is 0 Å². The topological polar surface area (TPSA) is 67.6 Å². The lowest BCUT2D eigenvalue weighted by atomic mass is 10.1. The average Bonchev–Trinajstić information content (AvgIpc) is 3.03. The second kappa shape index (κ2) is 7.62. The van der Waals surface area contributed by atoms with Gasteiger partial charge in [-0.3, -0.25) is 4.90 Å². The van der Waals surface area contributed by atoms with E-state index in [1.54, 1.807) is 8.61 Å². The number of rotatable bonds is 4. The Bertz CT molecular complexity index is 708. The van der Waals surface area contributed by atoms with E-state index in [2.05, 4.69) is 11.0 Å².